The fourth-order valence-corrected chi connectivity index (χ4v) is 3.17. The lowest BCUT2D eigenvalue weighted by Crippen LogP contribution is -2.47. The van der Waals surface area contributed by atoms with Gasteiger partial charge in [0.15, 0.2) is 5.96 Å². The van der Waals surface area contributed by atoms with Gasteiger partial charge in [0, 0.05) is 46.1 Å². The SMILES string of the molecule is CN=C(NCCCCn1cnnc1)N1CCC(Oc2ccccc2)CC1. The highest BCUT2D eigenvalue weighted by Gasteiger charge is 2.22. The van der Waals surface area contributed by atoms with E-state index in [1.54, 1.807) is 12.7 Å². The van der Waals surface area contributed by atoms with Gasteiger partial charge in [-0.25, -0.2) is 0 Å². The highest BCUT2D eigenvalue weighted by Crippen LogP contribution is 2.18. The Kier molecular flexibility index (Phi) is 6.87. The van der Waals surface area contributed by atoms with E-state index < -0.39 is 0 Å². The standard InChI is InChI=1S/C19H28N6O/c1-20-19(21-11-5-6-12-24-15-22-23-16-24)25-13-9-18(10-14-25)26-17-7-3-2-4-8-17/h2-4,7-8,15-16,18H,5-6,9-14H2,1H3,(H,20,21). The molecule has 2 heterocycles. The second-order valence-corrected chi connectivity index (χ2v) is 6.50. The first-order valence-corrected chi connectivity index (χ1v) is 9.35. The molecule has 0 unspecified atom stereocenters. The van der Waals surface area contributed by atoms with Crippen molar-refractivity contribution in [2.45, 2.75) is 38.3 Å². The maximum Gasteiger partial charge on any atom is 0.193 e. The first-order valence-electron chi connectivity index (χ1n) is 9.35. The molecule has 0 saturated carbocycles. The van der Waals surface area contributed by atoms with Crippen molar-refractivity contribution in [3.63, 3.8) is 0 Å². The number of para-hydroxylation sites is 1. The molecular formula is C19H28N6O. The Bertz CT molecular complexity index is 650. The van der Waals surface area contributed by atoms with Crippen molar-refractivity contribution in [3.05, 3.63) is 43.0 Å². The zero-order valence-corrected chi connectivity index (χ0v) is 15.4. The first kappa shape index (κ1) is 18.2. The van der Waals surface area contributed by atoms with Gasteiger partial charge in [-0.05, 0) is 25.0 Å². The fourth-order valence-electron chi connectivity index (χ4n) is 3.17. The Hall–Kier alpha value is -2.57. The molecule has 0 spiro atoms. The molecule has 1 aliphatic rings. The van der Waals surface area contributed by atoms with Crippen molar-refractivity contribution in [3.8, 4) is 5.75 Å². The molecular weight excluding hydrogens is 328 g/mol. The number of hydrogen-bond acceptors (Lipinski definition) is 4. The summed E-state index contributed by atoms with van der Waals surface area (Å²) in [5.41, 5.74) is 0. The average molecular weight is 356 g/mol. The number of guanidine groups is 1. The predicted octanol–water partition coefficient (Wildman–Crippen LogP) is 2.18. The highest BCUT2D eigenvalue weighted by molar-refractivity contribution is 5.79. The van der Waals surface area contributed by atoms with Crippen LogP contribution in [-0.4, -0.2) is 58.4 Å². The van der Waals surface area contributed by atoms with E-state index in [1.165, 1.54) is 0 Å². The van der Waals surface area contributed by atoms with Crippen molar-refractivity contribution in [2.24, 2.45) is 4.99 Å². The third kappa shape index (κ3) is 5.47. The van der Waals surface area contributed by atoms with Crippen LogP contribution in [-0.2, 0) is 6.54 Å². The normalized spacial score (nSPS) is 15.9. The lowest BCUT2D eigenvalue weighted by molar-refractivity contribution is 0.129. The van der Waals surface area contributed by atoms with E-state index in [2.05, 4.69) is 25.4 Å². The number of nitrogens with zero attached hydrogens (tertiary/aromatic N) is 5. The molecule has 1 N–H and O–H groups in total. The van der Waals surface area contributed by atoms with Gasteiger partial charge in [0.2, 0.25) is 0 Å². The van der Waals surface area contributed by atoms with E-state index in [4.69, 9.17) is 4.74 Å². The van der Waals surface area contributed by atoms with Crippen LogP contribution in [0, 0.1) is 0 Å². The molecule has 3 rings (SSSR count). The summed E-state index contributed by atoms with van der Waals surface area (Å²) in [4.78, 5) is 6.76. The van der Waals surface area contributed by atoms with Gasteiger partial charge >= 0.3 is 0 Å². The Balaban J connectivity index is 1.34. The van der Waals surface area contributed by atoms with Gasteiger partial charge in [-0.1, -0.05) is 18.2 Å². The topological polar surface area (TPSA) is 67.6 Å². The minimum Gasteiger partial charge on any atom is -0.490 e. The van der Waals surface area contributed by atoms with Gasteiger partial charge in [0.25, 0.3) is 0 Å². The molecule has 0 atom stereocenters. The van der Waals surface area contributed by atoms with E-state index in [0.717, 1.165) is 63.6 Å². The Morgan fingerprint density at radius 3 is 2.58 bits per heavy atom. The molecule has 0 bridgehead atoms. The Labute approximate surface area is 155 Å². The van der Waals surface area contributed by atoms with Gasteiger partial charge in [-0.3, -0.25) is 4.99 Å². The summed E-state index contributed by atoms with van der Waals surface area (Å²) in [5.74, 6) is 1.95. The van der Waals surface area contributed by atoms with Crippen LogP contribution in [0.5, 0.6) is 5.75 Å². The summed E-state index contributed by atoms with van der Waals surface area (Å²) in [6, 6.07) is 10.1. The van der Waals surface area contributed by atoms with Crippen molar-refractivity contribution < 1.29 is 4.74 Å². The highest BCUT2D eigenvalue weighted by atomic mass is 16.5. The van der Waals surface area contributed by atoms with Gasteiger partial charge in [0.05, 0.1) is 0 Å². The Morgan fingerprint density at radius 1 is 1.15 bits per heavy atom. The van der Waals surface area contributed by atoms with E-state index in [-0.39, 0.29) is 6.10 Å². The zero-order valence-electron chi connectivity index (χ0n) is 15.4. The molecule has 1 aromatic heterocycles. The number of rotatable bonds is 7. The van der Waals surface area contributed by atoms with E-state index >= 15 is 0 Å². The van der Waals surface area contributed by atoms with Gasteiger partial charge < -0.3 is 19.5 Å². The van der Waals surface area contributed by atoms with E-state index in [9.17, 15) is 0 Å². The van der Waals surface area contributed by atoms with Crippen LogP contribution in [0.2, 0.25) is 0 Å². The number of aliphatic imine (C=N–C) groups is 1. The number of nitrogens with one attached hydrogen (secondary N) is 1. The lowest BCUT2D eigenvalue weighted by atomic mass is 10.1. The summed E-state index contributed by atoms with van der Waals surface area (Å²) in [6.07, 6.45) is 8.02. The van der Waals surface area contributed by atoms with E-state index in [1.807, 2.05) is 41.9 Å². The molecule has 1 saturated heterocycles. The van der Waals surface area contributed by atoms with Crippen molar-refractivity contribution in [1.82, 2.24) is 25.0 Å². The summed E-state index contributed by atoms with van der Waals surface area (Å²) in [6.45, 7) is 3.82. The van der Waals surface area contributed by atoms with Crippen molar-refractivity contribution in [2.75, 3.05) is 26.7 Å². The van der Waals surface area contributed by atoms with Gasteiger partial charge in [0.1, 0.15) is 24.5 Å². The maximum atomic E-state index is 6.07. The van der Waals surface area contributed by atoms with Crippen molar-refractivity contribution >= 4 is 5.96 Å². The average Bonchev–Trinajstić information content (AvgIpc) is 3.20. The largest absolute Gasteiger partial charge is 0.490 e. The van der Waals surface area contributed by atoms with Crippen LogP contribution in [0.25, 0.3) is 0 Å². The summed E-state index contributed by atoms with van der Waals surface area (Å²) >= 11 is 0. The zero-order chi connectivity index (χ0) is 18.0. The molecule has 7 heteroatoms. The second kappa shape index (κ2) is 9.79. The van der Waals surface area contributed by atoms with Crippen LogP contribution >= 0.6 is 0 Å². The molecule has 26 heavy (non-hydrogen) atoms. The number of unbranched alkanes of at least 4 members (excludes halogenated alkanes) is 1. The molecule has 2 aromatic rings. The minimum absolute atomic E-state index is 0.288. The number of hydrogen-bond donors (Lipinski definition) is 1. The number of likely N-dealkylation sites (tertiary alicyclic amines) is 1. The van der Waals surface area contributed by atoms with Gasteiger partial charge in [-0.15, -0.1) is 10.2 Å². The summed E-state index contributed by atoms with van der Waals surface area (Å²) in [7, 11) is 1.85. The second-order valence-electron chi connectivity index (χ2n) is 6.50. The number of aryl methyl sites for hydroxylation is 1. The molecule has 1 aliphatic heterocycles. The quantitative estimate of drug-likeness (QED) is 0.468. The molecule has 7 nitrogen and oxygen atoms in total. The fraction of sp³-hybridized carbons (Fsp3) is 0.526. The van der Waals surface area contributed by atoms with Crippen LogP contribution in [0.15, 0.2) is 48.0 Å². The predicted molar refractivity (Wildman–Crippen MR) is 102 cm³/mol. The number of ether oxygens (including phenoxy) is 1. The third-order valence-electron chi connectivity index (χ3n) is 4.59. The maximum absolute atomic E-state index is 6.07. The van der Waals surface area contributed by atoms with E-state index in [0.29, 0.717) is 0 Å². The first-order chi connectivity index (χ1) is 12.8. The summed E-state index contributed by atoms with van der Waals surface area (Å²) < 4.78 is 8.07. The third-order valence-corrected chi connectivity index (χ3v) is 4.59. The molecule has 140 valence electrons. The van der Waals surface area contributed by atoms with Crippen LogP contribution in [0.1, 0.15) is 25.7 Å². The molecule has 1 aromatic carbocycles. The monoisotopic (exact) mass is 356 g/mol. The minimum atomic E-state index is 0.288. The molecule has 0 radical (unpaired) electrons. The number of benzene rings is 1. The van der Waals surface area contributed by atoms with Crippen molar-refractivity contribution in [1.29, 1.82) is 0 Å². The molecule has 0 aliphatic carbocycles. The smallest absolute Gasteiger partial charge is 0.193 e. The lowest BCUT2D eigenvalue weighted by Gasteiger charge is -2.34. The van der Waals surface area contributed by atoms with Crippen LogP contribution in [0.4, 0.5) is 0 Å². The number of aromatic nitrogens is 3. The van der Waals surface area contributed by atoms with Gasteiger partial charge in [-0.2, -0.15) is 0 Å². The van der Waals surface area contributed by atoms with Crippen LogP contribution in [0.3, 0.4) is 0 Å². The molecule has 1 fully saturated rings. The summed E-state index contributed by atoms with van der Waals surface area (Å²) in [5, 5.41) is 11.1. The molecule has 0 amide bonds. The van der Waals surface area contributed by atoms with Crippen LogP contribution < -0.4 is 10.1 Å². The Morgan fingerprint density at radius 2 is 1.88 bits per heavy atom. The number of piperidine rings is 1.